The van der Waals surface area contributed by atoms with Crippen LogP contribution in [0.4, 0.5) is 0 Å². The Labute approximate surface area is 112 Å². The van der Waals surface area contributed by atoms with Crippen LogP contribution in [-0.2, 0) is 4.74 Å². The number of aliphatic imine (C=N–C) groups is 1. The molecule has 2 heterocycles. The molecule has 0 saturated heterocycles. The van der Waals surface area contributed by atoms with Gasteiger partial charge in [-0.25, -0.2) is 0 Å². The summed E-state index contributed by atoms with van der Waals surface area (Å²) in [6.45, 7) is 1.85. The van der Waals surface area contributed by atoms with Crippen molar-refractivity contribution in [1.82, 2.24) is 5.32 Å². The zero-order valence-electron chi connectivity index (χ0n) is 10.0. The Morgan fingerprint density at radius 2 is 2.11 bits per heavy atom. The largest absolute Gasteiger partial charge is 0.482 e. The van der Waals surface area contributed by atoms with Gasteiger partial charge in [-0.3, -0.25) is 4.99 Å². The molecule has 1 atom stereocenters. The van der Waals surface area contributed by atoms with Gasteiger partial charge in [-0.2, -0.15) is 0 Å². The Kier molecular flexibility index (Phi) is 3.63. The Balaban J connectivity index is 0.00000120. The Bertz CT molecular complexity index is 466. The van der Waals surface area contributed by atoms with Gasteiger partial charge in [0.1, 0.15) is 0 Å². The lowest BCUT2D eigenvalue weighted by molar-refractivity contribution is -0.145. The van der Waals surface area contributed by atoms with Crippen LogP contribution in [0.3, 0.4) is 0 Å². The Hall–Kier alpha value is -1.46. The minimum absolute atomic E-state index is 0. The molecule has 6 heteroatoms. The number of benzene rings is 1. The summed E-state index contributed by atoms with van der Waals surface area (Å²) in [5, 5.41) is 3.17. The number of para-hydroxylation sites is 2. The highest BCUT2D eigenvalue weighted by atomic mass is 35.5. The van der Waals surface area contributed by atoms with Crippen molar-refractivity contribution < 1.29 is 14.2 Å². The van der Waals surface area contributed by atoms with Gasteiger partial charge < -0.3 is 19.5 Å². The standard InChI is InChI=1S/C12H14N2O3.ClH/c1-15-12(11-13-6-7-14-11)8-16-9-4-2-3-5-10(9)17-12;/h2-5H,6-8H2,1H3,(H,13,14);1H/t12-;/m1./s1. The highest BCUT2D eigenvalue weighted by Gasteiger charge is 2.44. The van der Waals surface area contributed by atoms with E-state index in [9.17, 15) is 0 Å². The van der Waals surface area contributed by atoms with Crippen molar-refractivity contribution in [3.8, 4) is 11.5 Å². The lowest BCUT2D eigenvalue weighted by atomic mass is 10.2. The summed E-state index contributed by atoms with van der Waals surface area (Å²) in [5.74, 6) is 1.18. The quantitative estimate of drug-likeness (QED) is 0.878. The van der Waals surface area contributed by atoms with Crippen LogP contribution >= 0.6 is 12.4 Å². The molecule has 3 rings (SSSR count). The molecule has 5 nitrogen and oxygen atoms in total. The van der Waals surface area contributed by atoms with Crippen molar-refractivity contribution in [1.29, 1.82) is 0 Å². The predicted molar refractivity (Wildman–Crippen MR) is 69.9 cm³/mol. The Morgan fingerprint density at radius 1 is 1.33 bits per heavy atom. The molecule has 0 unspecified atom stereocenters. The van der Waals surface area contributed by atoms with Gasteiger partial charge in [0.2, 0.25) is 0 Å². The summed E-state index contributed by atoms with van der Waals surface area (Å²) in [6.07, 6.45) is 0. The fraction of sp³-hybridized carbons (Fsp3) is 0.417. The number of methoxy groups -OCH3 is 1. The number of hydrogen-bond acceptors (Lipinski definition) is 5. The van der Waals surface area contributed by atoms with Crippen LogP contribution in [-0.4, -0.2) is 38.4 Å². The van der Waals surface area contributed by atoms with Crippen molar-refractivity contribution in [3.05, 3.63) is 24.3 Å². The van der Waals surface area contributed by atoms with Crippen LogP contribution in [0.5, 0.6) is 11.5 Å². The molecule has 0 aromatic heterocycles. The number of nitrogens with one attached hydrogen (secondary N) is 1. The van der Waals surface area contributed by atoms with Gasteiger partial charge in [0, 0.05) is 13.7 Å². The number of rotatable bonds is 2. The molecule has 0 radical (unpaired) electrons. The van der Waals surface area contributed by atoms with Crippen LogP contribution in [0.25, 0.3) is 0 Å². The Morgan fingerprint density at radius 3 is 2.78 bits per heavy atom. The molecule has 1 aromatic rings. The first-order chi connectivity index (χ1) is 8.34. The summed E-state index contributed by atoms with van der Waals surface area (Å²) in [5.41, 5.74) is 0. The lowest BCUT2D eigenvalue weighted by Gasteiger charge is -2.36. The van der Waals surface area contributed by atoms with E-state index in [0.29, 0.717) is 18.2 Å². The summed E-state index contributed by atoms with van der Waals surface area (Å²) in [7, 11) is 1.60. The molecule has 0 fully saturated rings. The molecular formula is C12H15ClN2O3. The third-order valence-corrected chi connectivity index (χ3v) is 2.91. The van der Waals surface area contributed by atoms with Crippen molar-refractivity contribution >= 4 is 18.2 Å². The molecule has 0 aliphatic carbocycles. The van der Waals surface area contributed by atoms with Crippen molar-refractivity contribution in [2.24, 2.45) is 4.99 Å². The minimum atomic E-state index is -0.940. The molecule has 1 N–H and O–H groups in total. The maximum Gasteiger partial charge on any atom is 0.303 e. The molecule has 2 aliphatic rings. The van der Waals surface area contributed by atoms with Crippen molar-refractivity contribution in [2.45, 2.75) is 5.79 Å². The van der Waals surface area contributed by atoms with E-state index in [2.05, 4.69) is 10.3 Å². The summed E-state index contributed by atoms with van der Waals surface area (Å²) >= 11 is 0. The van der Waals surface area contributed by atoms with Gasteiger partial charge in [-0.1, -0.05) is 12.1 Å². The van der Waals surface area contributed by atoms with Gasteiger partial charge in [0.15, 0.2) is 23.9 Å². The molecule has 0 saturated carbocycles. The van der Waals surface area contributed by atoms with Gasteiger partial charge in [-0.05, 0) is 12.1 Å². The molecule has 18 heavy (non-hydrogen) atoms. The van der Waals surface area contributed by atoms with E-state index in [1.807, 2.05) is 24.3 Å². The average molecular weight is 271 g/mol. The molecule has 98 valence electrons. The smallest absolute Gasteiger partial charge is 0.303 e. The van der Waals surface area contributed by atoms with Gasteiger partial charge in [-0.15, -0.1) is 12.4 Å². The molecular weight excluding hydrogens is 256 g/mol. The number of nitrogens with zero attached hydrogens (tertiary/aromatic N) is 1. The van der Waals surface area contributed by atoms with Crippen LogP contribution in [0.15, 0.2) is 29.3 Å². The van der Waals surface area contributed by atoms with Gasteiger partial charge >= 0.3 is 5.79 Å². The van der Waals surface area contributed by atoms with Crippen LogP contribution in [0.2, 0.25) is 0 Å². The maximum atomic E-state index is 5.91. The second kappa shape index (κ2) is 5.04. The second-order valence-corrected chi connectivity index (χ2v) is 3.95. The summed E-state index contributed by atoms with van der Waals surface area (Å²) in [6, 6.07) is 7.54. The zero-order chi connectivity index (χ0) is 11.7. The van der Waals surface area contributed by atoms with E-state index in [-0.39, 0.29) is 12.4 Å². The first-order valence-corrected chi connectivity index (χ1v) is 5.59. The number of ether oxygens (including phenoxy) is 3. The van der Waals surface area contributed by atoms with Crippen LogP contribution < -0.4 is 14.8 Å². The van der Waals surface area contributed by atoms with E-state index >= 15 is 0 Å². The second-order valence-electron chi connectivity index (χ2n) is 3.95. The number of fused-ring (bicyclic) bond motifs is 1. The zero-order valence-corrected chi connectivity index (χ0v) is 10.8. The maximum absolute atomic E-state index is 5.91. The number of amidine groups is 1. The molecule has 1 aromatic carbocycles. The van der Waals surface area contributed by atoms with Gasteiger partial charge in [0.05, 0.1) is 6.54 Å². The molecule has 2 aliphatic heterocycles. The SMILES string of the molecule is CO[C@]1(C2=NCCN2)COc2ccccc2O1.Cl. The van der Waals surface area contributed by atoms with E-state index in [0.717, 1.165) is 18.8 Å². The molecule has 0 amide bonds. The predicted octanol–water partition coefficient (Wildman–Crippen LogP) is 1.22. The number of hydrogen-bond donors (Lipinski definition) is 1. The average Bonchev–Trinajstić information content (AvgIpc) is 2.92. The fourth-order valence-electron chi connectivity index (χ4n) is 2.00. The third kappa shape index (κ3) is 2.00. The van der Waals surface area contributed by atoms with E-state index in [4.69, 9.17) is 14.2 Å². The van der Waals surface area contributed by atoms with Crippen molar-refractivity contribution in [2.75, 3.05) is 26.8 Å². The number of halogens is 1. The first-order valence-electron chi connectivity index (χ1n) is 5.59. The summed E-state index contributed by atoms with van der Waals surface area (Å²) < 4.78 is 17.1. The minimum Gasteiger partial charge on any atom is -0.482 e. The monoisotopic (exact) mass is 270 g/mol. The lowest BCUT2D eigenvalue weighted by Crippen LogP contribution is -2.56. The third-order valence-electron chi connectivity index (χ3n) is 2.91. The highest BCUT2D eigenvalue weighted by molar-refractivity contribution is 5.91. The van der Waals surface area contributed by atoms with E-state index in [1.165, 1.54) is 0 Å². The van der Waals surface area contributed by atoms with E-state index < -0.39 is 5.79 Å². The molecule has 0 spiro atoms. The van der Waals surface area contributed by atoms with E-state index in [1.54, 1.807) is 7.11 Å². The first kappa shape index (κ1) is 13.0. The fourth-order valence-corrected chi connectivity index (χ4v) is 2.00. The van der Waals surface area contributed by atoms with Crippen LogP contribution in [0, 0.1) is 0 Å². The van der Waals surface area contributed by atoms with Gasteiger partial charge in [0.25, 0.3) is 0 Å². The normalized spacial score (nSPS) is 24.8. The topological polar surface area (TPSA) is 52.1 Å². The molecule has 0 bridgehead atoms. The summed E-state index contributed by atoms with van der Waals surface area (Å²) in [4.78, 5) is 4.35. The van der Waals surface area contributed by atoms with Crippen molar-refractivity contribution in [3.63, 3.8) is 0 Å². The van der Waals surface area contributed by atoms with Crippen LogP contribution in [0.1, 0.15) is 0 Å². The highest BCUT2D eigenvalue weighted by Crippen LogP contribution is 2.35.